The lowest BCUT2D eigenvalue weighted by atomic mass is 9.78. The van der Waals surface area contributed by atoms with Crippen molar-refractivity contribution < 1.29 is 53.8 Å². The zero-order valence-corrected chi connectivity index (χ0v) is 30.7. The fourth-order valence-corrected chi connectivity index (χ4v) is 7.15. The van der Waals surface area contributed by atoms with Crippen LogP contribution < -0.4 is 10.1 Å². The number of H-pyrrole nitrogens is 1. The first-order chi connectivity index (χ1) is 24.4. The number of aliphatic hydroxyl groups excluding tert-OH is 2. The number of nitrogens with one attached hydrogen (secondary N) is 2. The van der Waals surface area contributed by atoms with Gasteiger partial charge in [0.2, 0.25) is 0 Å². The number of benzene rings is 2. The number of imidazole rings is 1. The van der Waals surface area contributed by atoms with Crippen molar-refractivity contribution in [2.24, 2.45) is 23.7 Å². The topological polar surface area (TPSA) is 210 Å². The van der Waals surface area contributed by atoms with Gasteiger partial charge in [-0.15, -0.1) is 0 Å². The Morgan fingerprint density at radius 3 is 2.33 bits per heavy atom. The summed E-state index contributed by atoms with van der Waals surface area (Å²) >= 11 is 0. The van der Waals surface area contributed by atoms with Gasteiger partial charge < -0.3 is 49.7 Å². The molecule has 14 heteroatoms. The molecular weight excluding hydrogens is 674 g/mol. The van der Waals surface area contributed by atoms with E-state index in [0.29, 0.717) is 0 Å². The van der Waals surface area contributed by atoms with Crippen molar-refractivity contribution in [2.45, 2.75) is 85.6 Å². The number of aromatic amines is 1. The molecule has 52 heavy (non-hydrogen) atoms. The van der Waals surface area contributed by atoms with Crippen molar-refractivity contribution in [3.8, 4) is 17.2 Å². The molecule has 1 amide bonds. The van der Waals surface area contributed by atoms with E-state index in [0.717, 1.165) is 0 Å². The summed E-state index contributed by atoms with van der Waals surface area (Å²) in [6.45, 7) is 12.7. The summed E-state index contributed by atoms with van der Waals surface area (Å²) in [5, 5.41) is 48.4. The predicted octanol–water partition coefficient (Wildman–Crippen LogP) is 4.92. The number of aliphatic hydroxyl groups is 2. The number of aromatic hydroxyl groups is 2. The molecule has 2 aliphatic rings. The van der Waals surface area contributed by atoms with Crippen LogP contribution in [0.2, 0.25) is 0 Å². The maximum absolute atomic E-state index is 14.2. The molecule has 0 fully saturated rings. The van der Waals surface area contributed by atoms with Gasteiger partial charge in [-0.2, -0.15) is 0 Å². The van der Waals surface area contributed by atoms with Gasteiger partial charge in [-0.05, 0) is 19.9 Å². The summed E-state index contributed by atoms with van der Waals surface area (Å²) in [5.41, 5.74) is 0.716. The minimum absolute atomic E-state index is 0.0157. The van der Waals surface area contributed by atoms with Gasteiger partial charge in [-0.25, -0.2) is 4.98 Å². The van der Waals surface area contributed by atoms with Gasteiger partial charge in [-0.1, -0.05) is 45.9 Å². The first kappa shape index (κ1) is 38.3. The van der Waals surface area contributed by atoms with Crippen LogP contribution in [0.1, 0.15) is 64.4 Å². The summed E-state index contributed by atoms with van der Waals surface area (Å²) in [7, 11) is 1.45. The number of carbonyl (C=O) groups is 3. The number of ketones is 1. The third-order valence-corrected chi connectivity index (χ3v) is 10.4. The number of hydrogen-bond donors (Lipinski definition) is 6. The molecule has 1 aromatic heterocycles. The summed E-state index contributed by atoms with van der Waals surface area (Å²) in [5.74, 6) is -6.90. The van der Waals surface area contributed by atoms with Crippen molar-refractivity contribution in [2.75, 3.05) is 12.4 Å². The fourth-order valence-electron chi connectivity index (χ4n) is 7.15. The summed E-state index contributed by atoms with van der Waals surface area (Å²) in [4.78, 5) is 47.2. The first-order valence-electron chi connectivity index (χ1n) is 17.1. The number of carbonyl (C=O) groups excluding carboxylic acids is 3. The Labute approximate surface area is 301 Å². The van der Waals surface area contributed by atoms with Gasteiger partial charge in [0, 0.05) is 61.2 Å². The number of ether oxygens (including phenoxy) is 4. The summed E-state index contributed by atoms with van der Waals surface area (Å²) in [6.07, 6.45) is 5.19. The molecule has 0 saturated carbocycles. The van der Waals surface area contributed by atoms with E-state index in [1.807, 2.05) is 0 Å². The number of rotatable bonds is 2. The predicted molar refractivity (Wildman–Crippen MR) is 192 cm³/mol. The minimum atomic E-state index is -1.93. The highest BCUT2D eigenvalue weighted by Crippen LogP contribution is 2.53. The third kappa shape index (κ3) is 6.61. The van der Waals surface area contributed by atoms with E-state index >= 15 is 0 Å². The summed E-state index contributed by atoms with van der Waals surface area (Å²) in [6, 6.07) is 0. The lowest BCUT2D eigenvalue weighted by molar-refractivity contribution is -0.160. The number of Topliss-reactive ketones (excluding diaryl/α,β-unsaturated/α-hetero) is 1. The molecule has 3 aromatic rings. The van der Waals surface area contributed by atoms with E-state index in [2.05, 4.69) is 15.3 Å². The van der Waals surface area contributed by atoms with Crippen LogP contribution in [-0.2, 0) is 23.8 Å². The molecule has 0 radical (unpaired) electrons. The average Bonchev–Trinajstić information content (AvgIpc) is 3.69. The van der Waals surface area contributed by atoms with Gasteiger partial charge in [0.25, 0.3) is 11.7 Å². The average molecular weight is 722 g/mol. The molecule has 0 unspecified atom stereocenters. The van der Waals surface area contributed by atoms with E-state index < -0.39 is 77.3 Å². The second-order valence-corrected chi connectivity index (χ2v) is 14.0. The van der Waals surface area contributed by atoms with E-state index in [-0.39, 0.29) is 55.7 Å². The summed E-state index contributed by atoms with van der Waals surface area (Å²) < 4.78 is 23.5. The highest BCUT2D eigenvalue weighted by Gasteiger charge is 2.49. The van der Waals surface area contributed by atoms with Crippen LogP contribution >= 0.6 is 0 Å². The lowest BCUT2D eigenvalue weighted by Gasteiger charge is -2.38. The number of allylic oxidation sites excluding steroid dienone is 2. The number of nitrogens with zero attached hydrogens (tertiary/aromatic N) is 1. The zero-order chi connectivity index (χ0) is 38.4. The van der Waals surface area contributed by atoms with E-state index in [1.165, 1.54) is 52.6 Å². The number of methoxy groups -OCH3 is 1. The van der Waals surface area contributed by atoms with E-state index in [1.54, 1.807) is 46.8 Å². The molecule has 0 aliphatic carbocycles. The molecule has 5 rings (SSSR count). The van der Waals surface area contributed by atoms with Crippen LogP contribution in [0, 0.1) is 30.6 Å². The van der Waals surface area contributed by atoms with Crippen LogP contribution in [0.4, 0.5) is 5.69 Å². The maximum Gasteiger partial charge on any atom is 0.312 e. The van der Waals surface area contributed by atoms with Crippen LogP contribution in [0.5, 0.6) is 17.2 Å². The third-order valence-electron chi connectivity index (χ3n) is 10.4. The van der Waals surface area contributed by atoms with Crippen LogP contribution in [0.3, 0.4) is 0 Å². The Kier molecular flexibility index (Phi) is 10.8. The smallest absolute Gasteiger partial charge is 0.312 e. The number of phenolic OH excluding ortho intramolecular Hbond substituents is 2. The van der Waals surface area contributed by atoms with Crippen molar-refractivity contribution in [3.05, 3.63) is 53.6 Å². The number of fused-ring (bicyclic) bond motifs is 1. The zero-order valence-electron chi connectivity index (χ0n) is 30.7. The van der Waals surface area contributed by atoms with Crippen molar-refractivity contribution in [1.29, 1.82) is 0 Å². The molecular formula is C38H47N3O11. The Bertz CT molecular complexity index is 2000. The van der Waals surface area contributed by atoms with Crippen LogP contribution in [0.25, 0.3) is 21.8 Å². The Morgan fingerprint density at radius 1 is 0.981 bits per heavy atom. The van der Waals surface area contributed by atoms with Crippen LogP contribution in [-0.4, -0.2) is 85.4 Å². The molecule has 9 atom stereocenters. The van der Waals surface area contributed by atoms with Gasteiger partial charge in [-0.3, -0.25) is 14.4 Å². The normalized spacial score (nSPS) is 32.6. The van der Waals surface area contributed by atoms with Gasteiger partial charge in [0.05, 0.1) is 52.9 Å². The Hall–Kier alpha value is -4.92. The monoisotopic (exact) mass is 721 g/mol. The molecule has 14 nitrogen and oxygen atoms in total. The molecule has 0 spiro atoms. The number of esters is 1. The largest absolute Gasteiger partial charge is 0.507 e. The second kappa shape index (κ2) is 14.6. The van der Waals surface area contributed by atoms with Gasteiger partial charge in [0.15, 0.2) is 5.75 Å². The minimum Gasteiger partial charge on any atom is -0.507 e. The Balaban J connectivity index is 1.68. The number of amides is 1. The molecule has 2 aromatic carbocycles. The lowest BCUT2D eigenvalue weighted by Crippen LogP contribution is -2.46. The quantitative estimate of drug-likeness (QED) is 0.154. The maximum atomic E-state index is 14.2. The van der Waals surface area contributed by atoms with Crippen molar-refractivity contribution in [1.82, 2.24) is 9.97 Å². The van der Waals surface area contributed by atoms with E-state index in [9.17, 15) is 34.8 Å². The number of anilines is 1. The number of aromatic nitrogens is 2. The number of hydrogen-bond acceptors (Lipinski definition) is 12. The fraction of sp³-hybridized carbons (Fsp3) is 0.474. The molecule has 3 heterocycles. The molecule has 6 N–H and O–H groups in total. The molecule has 0 saturated heterocycles. The standard InChI is InChI=1S/C38H47N3O11/c1-16-11-10-12-17(2)37(48)41-29-28-27(39-15-40-28)24-25(33(29)46)32(45)21(6)35-26(24)36(47)38(8,52-35)50-14-13-23(49-9)18(3)34(51-22(7)42)20(5)31(44)19(4)30(16)43/h10-16,18-20,23,30-31,34,43-46H,1-9H3,(H,39,40)(H,41,48)/b11-10+,14-13+,17-12-/t16-,18+,19+,20+,23-,30-,31+,34+,38-/m0/s1. The molecule has 2 aliphatic heterocycles. The number of phenols is 2. The van der Waals surface area contributed by atoms with Crippen molar-refractivity contribution >= 4 is 45.2 Å². The van der Waals surface area contributed by atoms with E-state index in [4.69, 9.17) is 18.9 Å². The second-order valence-electron chi connectivity index (χ2n) is 14.0. The SMILES string of the molecule is CO[C@H]1/C=C/O[C@@]2(C)Oc3c(C)c(O)c4c(O)c(c5[nH]cnc5c4c3C2=O)NC(=O)/C(C)=C\C=C\[C@H](C)[C@H](O)[C@@H](C)[C@@H](O)[C@@H](C)[C@H](OC(C)=O)[C@@H]1C. The molecule has 4 bridgehead atoms. The van der Waals surface area contributed by atoms with Gasteiger partial charge in [0.1, 0.15) is 23.3 Å². The molecule has 280 valence electrons. The Morgan fingerprint density at radius 2 is 1.67 bits per heavy atom. The highest BCUT2D eigenvalue weighted by atomic mass is 16.7. The van der Waals surface area contributed by atoms with Crippen molar-refractivity contribution in [3.63, 3.8) is 0 Å². The van der Waals surface area contributed by atoms with Crippen LogP contribution in [0.15, 0.2) is 42.5 Å². The van der Waals surface area contributed by atoms with Gasteiger partial charge >= 0.3 is 11.8 Å². The highest BCUT2D eigenvalue weighted by molar-refractivity contribution is 6.27. The first-order valence-corrected chi connectivity index (χ1v) is 17.1.